The van der Waals surface area contributed by atoms with Gasteiger partial charge < -0.3 is 14.4 Å². The Labute approximate surface area is 204 Å². The number of aromatic nitrogens is 2. The highest BCUT2D eigenvalue weighted by atomic mass is 32.2. The van der Waals surface area contributed by atoms with Gasteiger partial charge in [0, 0.05) is 23.7 Å². The fourth-order valence-corrected chi connectivity index (χ4v) is 4.77. The molecule has 0 unspecified atom stereocenters. The summed E-state index contributed by atoms with van der Waals surface area (Å²) in [6.45, 7) is 0.0150. The molecule has 0 N–H and O–H groups in total. The van der Waals surface area contributed by atoms with E-state index < -0.39 is 19.0 Å². The lowest BCUT2D eigenvalue weighted by Gasteiger charge is -2.40. The molecule has 0 spiro atoms. The lowest BCUT2D eigenvalue weighted by molar-refractivity contribution is -0.0796. The highest BCUT2D eigenvalue weighted by molar-refractivity contribution is 7.98. The normalized spacial score (nSPS) is 16.5. The van der Waals surface area contributed by atoms with Crippen molar-refractivity contribution < 1.29 is 18.3 Å². The zero-order valence-electron chi connectivity index (χ0n) is 18.4. The average Bonchev–Trinajstić information content (AvgIpc) is 2.83. The largest absolute Gasteiger partial charge is 0.486 e. The molecule has 3 aromatic rings. The summed E-state index contributed by atoms with van der Waals surface area (Å²) in [6, 6.07) is 15.1. The van der Waals surface area contributed by atoms with Crippen molar-refractivity contribution in [1.29, 1.82) is 10.5 Å². The number of pyridine rings is 2. The van der Waals surface area contributed by atoms with Crippen molar-refractivity contribution in [3.63, 3.8) is 0 Å². The van der Waals surface area contributed by atoms with Crippen LogP contribution in [-0.2, 0) is 10.5 Å². The number of benzene rings is 1. The number of hydrogen-bond donors (Lipinski definition) is 0. The molecular weight excluding hydrogens is 472 g/mol. The second kappa shape index (κ2) is 9.49. The van der Waals surface area contributed by atoms with Crippen LogP contribution < -0.4 is 9.64 Å². The SMILES string of the molecule is N#Cc1c(SCc2cccnc2)nc(N2CC(F)(F)C2)c(C#N)c1-c1ccc(OC2COC2)cc1. The number of nitriles is 2. The minimum Gasteiger partial charge on any atom is -0.486 e. The van der Waals surface area contributed by atoms with Crippen LogP contribution in [0.3, 0.4) is 0 Å². The third kappa shape index (κ3) is 4.76. The van der Waals surface area contributed by atoms with Crippen molar-refractivity contribution in [2.24, 2.45) is 0 Å². The van der Waals surface area contributed by atoms with E-state index >= 15 is 0 Å². The molecule has 0 aliphatic carbocycles. The number of anilines is 1. The summed E-state index contributed by atoms with van der Waals surface area (Å²) in [7, 11) is 0. The highest BCUT2D eigenvalue weighted by Crippen LogP contribution is 2.41. The number of halogens is 2. The molecule has 176 valence electrons. The molecule has 2 aliphatic heterocycles. The Morgan fingerprint density at radius 3 is 2.43 bits per heavy atom. The van der Waals surface area contributed by atoms with E-state index in [2.05, 4.69) is 22.1 Å². The van der Waals surface area contributed by atoms with Gasteiger partial charge in [-0.05, 0) is 29.3 Å². The predicted molar refractivity (Wildman–Crippen MR) is 125 cm³/mol. The molecule has 7 nitrogen and oxygen atoms in total. The van der Waals surface area contributed by atoms with Crippen LogP contribution in [0, 0.1) is 22.7 Å². The third-order valence-corrected chi connectivity index (χ3v) is 6.71. The van der Waals surface area contributed by atoms with E-state index in [0.29, 0.717) is 40.9 Å². The number of rotatable bonds is 7. The summed E-state index contributed by atoms with van der Waals surface area (Å²) < 4.78 is 38.3. The molecule has 10 heteroatoms. The third-order valence-electron chi connectivity index (χ3n) is 5.66. The summed E-state index contributed by atoms with van der Waals surface area (Å²) in [5.41, 5.74) is 2.24. The van der Waals surface area contributed by atoms with Crippen LogP contribution in [0.1, 0.15) is 16.7 Å². The summed E-state index contributed by atoms with van der Waals surface area (Å²) in [6.07, 6.45) is 3.38. The standard InChI is InChI=1S/C25H19F2N5O2S/c26-25(27)14-32(15-25)23-20(8-28)22(17-3-5-18(6-4-17)34-19-11-33-12-19)21(9-29)24(31-23)35-13-16-2-1-7-30-10-16/h1-7,10,19H,11-15H2. The molecule has 2 aromatic heterocycles. The Kier molecular flexibility index (Phi) is 6.25. The molecule has 0 saturated carbocycles. The Hall–Kier alpha value is -3.73. The average molecular weight is 492 g/mol. The molecule has 35 heavy (non-hydrogen) atoms. The monoisotopic (exact) mass is 491 g/mol. The van der Waals surface area contributed by atoms with Crippen LogP contribution in [-0.4, -0.2) is 48.3 Å². The van der Waals surface area contributed by atoms with E-state index in [0.717, 1.165) is 5.56 Å². The van der Waals surface area contributed by atoms with E-state index in [1.54, 1.807) is 36.7 Å². The van der Waals surface area contributed by atoms with Crippen molar-refractivity contribution >= 4 is 17.6 Å². The fourth-order valence-electron chi connectivity index (χ4n) is 3.86. The lowest BCUT2D eigenvalue weighted by Crippen LogP contribution is -2.57. The highest BCUT2D eigenvalue weighted by Gasteiger charge is 2.46. The fraction of sp³-hybridized carbons (Fsp3) is 0.280. The first-order valence-electron chi connectivity index (χ1n) is 10.8. The minimum atomic E-state index is -2.84. The smallest absolute Gasteiger partial charge is 0.282 e. The van der Waals surface area contributed by atoms with Crippen molar-refractivity contribution in [3.8, 4) is 29.0 Å². The van der Waals surface area contributed by atoms with Gasteiger partial charge in [-0.3, -0.25) is 4.98 Å². The maximum absolute atomic E-state index is 13.7. The first-order valence-corrected chi connectivity index (χ1v) is 11.8. The zero-order chi connectivity index (χ0) is 24.4. The molecule has 2 fully saturated rings. The summed E-state index contributed by atoms with van der Waals surface area (Å²) >= 11 is 1.31. The van der Waals surface area contributed by atoms with E-state index in [9.17, 15) is 19.3 Å². The van der Waals surface area contributed by atoms with E-state index in [-0.39, 0.29) is 23.0 Å². The molecule has 5 rings (SSSR count). The van der Waals surface area contributed by atoms with Gasteiger partial charge in [0.25, 0.3) is 5.92 Å². The second-order valence-corrected chi connectivity index (χ2v) is 9.22. The van der Waals surface area contributed by atoms with Crippen molar-refractivity contribution in [1.82, 2.24) is 9.97 Å². The van der Waals surface area contributed by atoms with Crippen molar-refractivity contribution in [2.45, 2.75) is 22.8 Å². The van der Waals surface area contributed by atoms with Crippen molar-refractivity contribution in [2.75, 3.05) is 31.2 Å². The number of nitrogens with zero attached hydrogens (tertiary/aromatic N) is 5. The molecule has 0 atom stereocenters. The molecule has 4 heterocycles. The summed E-state index contributed by atoms with van der Waals surface area (Å²) in [5.74, 6) is -1.56. The maximum atomic E-state index is 13.7. The van der Waals surface area contributed by atoms with Gasteiger partial charge in [-0.15, -0.1) is 11.8 Å². The summed E-state index contributed by atoms with van der Waals surface area (Å²) in [4.78, 5) is 10.0. The number of thioether (sulfide) groups is 1. The van der Waals surface area contributed by atoms with Crippen molar-refractivity contribution in [3.05, 3.63) is 65.5 Å². The Morgan fingerprint density at radius 2 is 1.86 bits per heavy atom. The minimum absolute atomic E-state index is 0.00119. The predicted octanol–water partition coefficient (Wildman–Crippen LogP) is 4.41. The molecule has 0 radical (unpaired) electrons. The Morgan fingerprint density at radius 1 is 1.11 bits per heavy atom. The van der Waals surface area contributed by atoms with Gasteiger partial charge in [-0.25, -0.2) is 13.8 Å². The van der Waals surface area contributed by atoms with E-state index in [1.807, 2.05) is 12.1 Å². The first-order chi connectivity index (χ1) is 17.0. The van der Waals surface area contributed by atoms with Crippen LogP contribution in [0.25, 0.3) is 11.1 Å². The molecule has 2 saturated heterocycles. The lowest BCUT2D eigenvalue weighted by atomic mass is 9.95. The molecule has 0 bridgehead atoms. The molecule has 2 aliphatic rings. The van der Waals surface area contributed by atoms with Gasteiger partial charge in [0.1, 0.15) is 40.4 Å². The Balaban J connectivity index is 1.56. The first kappa shape index (κ1) is 23.0. The quantitative estimate of drug-likeness (QED) is 0.449. The van der Waals surface area contributed by atoms with Crippen LogP contribution in [0.2, 0.25) is 0 Å². The van der Waals surface area contributed by atoms with Crippen LogP contribution in [0.5, 0.6) is 5.75 Å². The molecular formula is C25H19F2N5O2S. The van der Waals surface area contributed by atoms with Gasteiger partial charge >= 0.3 is 0 Å². The van der Waals surface area contributed by atoms with Gasteiger partial charge in [0.2, 0.25) is 0 Å². The molecule has 0 amide bonds. The number of ether oxygens (including phenoxy) is 2. The number of alkyl halides is 2. The topological polar surface area (TPSA) is 95.1 Å². The second-order valence-electron chi connectivity index (χ2n) is 8.25. The Bertz CT molecular complexity index is 1310. The van der Waals surface area contributed by atoms with Gasteiger partial charge in [0.05, 0.1) is 31.9 Å². The van der Waals surface area contributed by atoms with Gasteiger partial charge in [0.15, 0.2) is 0 Å². The van der Waals surface area contributed by atoms with Crippen LogP contribution in [0.15, 0.2) is 53.8 Å². The molecule has 1 aromatic carbocycles. The van der Waals surface area contributed by atoms with Crippen LogP contribution >= 0.6 is 11.8 Å². The van der Waals surface area contributed by atoms with Gasteiger partial charge in [-0.1, -0.05) is 18.2 Å². The zero-order valence-corrected chi connectivity index (χ0v) is 19.3. The number of hydrogen-bond acceptors (Lipinski definition) is 8. The van der Waals surface area contributed by atoms with E-state index in [1.165, 1.54) is 16.7 Å². The van der Waals surface area contributed by atoms with E-state index in [4.69, 9.17) is 9.47 Å². The summed E-state index contributed by atoms with van der Waals surface area (Å²) in [5, 5.41) is 20.5. The van der Waals surface area contributed by atoms with Gasteiger partial charge in [-0.2, -0.15) is 10.5 Å². The van der Waals surface area contributed by atoms with Crippen LogP contribution in [0.4, 0.5) is 14.6 Å². The maximum Gasteiger partial charge on any atom is 0.282 e.